The highest BCUT2D eigenvalue weighted by atomic mass is 16.6. The quantitative estimate of drug-likeness (QED) is 0.615. The largest absolute Gasteiger partial charge is 0.474 e. The predicted molar refractivity (Wildman–Crippen MR) is 57.1 cm³/mol. The molecule has 0 aliphatic heterocycles. The van der Waals surface area contributed by atoms with Crippen LogP contribution in [0.4, 0.5) is 5.69 Å². The van der Waals surface area contributed by atoms with Gasteiger partial charge in [-0.3, -0.25) is 10.1 Å². The molecule has 0 saturated heterocycles. The summed E-state index contributed by atoms with van der Waals surface area (Å²) < 4.78 is 5.57. The lowest BCUT2D eigenvalue weighted by molar-refractivity contribution is -0.385. The number of nitrogens with two attached hydrogens (primary N) is 1. The zero-order valence-electron chi connectivity index (χ0n) is 8.70. The van der Waals surface area contributed by atoms with E-state index in [0.717, 1.165) is 19.3 Å². The Labute approximate surface area is 92.6 Å². The Balaban J connectivity index is 1.97. The summed E-state index contributed by atoms with van der Waals surface area (Å²) >= 11 is 0. The Morgan fingerprint density at radius 3 is 2.81 bits per heavy atom. The van der Waals surface area contributed by atoms with Gasteiger partial charge in [-0.25, -0.2) is 4.98 Å². The van der Waals surface area contributed by atoms with Crippen molar-refractivity contribution in [3.63, 3.8) is 0 Å². The van der Waals surface area contributed by atoms with Gasteiger partial charge in [0.25, 0.3) is 5.69 Å². The molecule has 2 N–H and O–H groups in total. The summed E-state index contributed by atoms with van der Waals surface area (Å²) in [7, 11) is 0. The maximum absolute atomic E-state index is 10.4. The van der Waals surface area contributed by atoms with Gasteiger partial charge < -0.3 is 10.5 Å². The molecular formula is C10H13N3O3. The second-order valence-electron chi connectivity index (χ2n) is 3.92. The molecule has 0 aromatic carbocycles. The molecule has 2 rings (SSSR count). The van der Waals surface area contributed by atoms with Crippen LogP contribution in [0.3, 0.4) is 0 Å². The van der Waals surface area contributed by atoms with Crippen molar-refractivity contribution in [1.29, 1.82) is 0 Å². The first-order chi connectivity index (χ1) is 7.65. The van der Waals surface area contributed by atoms with E-state index >= 15 is 0 Å². The lowest BCUT2D eigenvalue weighted by Gasteiger charge is -2.11. The van der Waals surface area contributed by atoms with Crippen LogP contribution < -0.4 is 10.5 Å². The van der Waals surface area contributed by atoms with Gasteiger partial charge in [0.2, 0.25) is 5.88 Å². The van der Waals surface area contributed by atoms with Crippen LogP contribution in [-0.4, -0.2) is 22.1 Å². The minimum atomic E-state index is -0.484. The van der Waals surface area contributed by atoms with Gasteiger partial charge in [0.05, 0.1) is 4.92 Å². The standard InChI is InChI=1S/C10H13N3O3/c11-7-1-3-9(5-7)16-10-4-2-8(6-12-10)13(14)15/h2,4,6-7,9H,1,3,5,11H2. The minimum Gasteiger partial charge on any atom is -0.474 e. The van der Waals surface area contributed by atoms with Crippen molar-refractivity contribution in [2.75, 3.05) is 0 Å². The molecule has 1 heterocycles. The first-order valence-electron chi connectivity index (χ1n) is 5.18. The predicted octanol–water partition coefficient (Wildman–Crippen LogP) is 1.25. The topological polar surface area (TPSA) is 91.3 Å². The molecule has 2 atom stereocenters. The van der Waals surface area contributed by atoms with Crippen molar-refractivity contribution in [2.45, 2.75) is 31.4 Å². The van der Waals surface area contributed by atoms with Crippen LogP contribution in [-0.2, 0) is 0 Å². The Morgan fingerprint density at radius 1 is 1.50 bits per heavy atom. The molecule has 1 aromatic rings. The highest BCUT2D eigenvalue weighted by Crippen LogP contribution is 2.23. The maximum atomic E-state index is 10.4. The lowest BCUT2D eigenvalue weighted by Crippen LogP contribution is -2.19. The van der Waals surface area contributed by atoms with Crippen molar-refractivity contribution >= 4 is 5.69 Å². The molecule has 1 aromatic heterocycles. The monoisotopic (exact) mass is 223 g/mol. The number of hydrogen-bond donors (Lipinski definition) is 1. The average molecular weight is 223 g/mol. The minimum absolute atomic E-state index is 0.0320. The van der Waals surface area contributed by atoms with E-state index in [2.05, 4.69) is 4.98 Å². The van der Waals surface area contributed by atoms with Crippen LogP contribution in [0.2, 0.25) is 0 Å². The fourth-order valence-electron chi connectivity index (χ4n) is 1.80. The molecular weight excluding hydrogens is 210 g/mol. The van der Waals surface area contributed by atoms with Crippen molar-refractivity contribution < 1.29 is 9.66 Å². The average Bonchev–Trinajstić information content (AvgIpc) is 2.65. The van der Waals surface area contributed by atoms with Crippen molar-refractivity contribution in [1.82, 2.24) is 4.98 Å². The van der Waals surface area contributed by atoms with Gasteiger partial charge in [-0.2, -0.15) is 0 Å². The number of hydrogen-bond acceptors (Lipinski definition) is 5. The normalized spacial score (nSPS) is 24.3. The molecule has 1 saturated carbocycles. The molecule has 0 amide bonds. The number of nitro groups is 1. The van der Waals surface area contributed by atoms with E-state index in [1.807, 2.05) is 0 Å². The van der Waals surface area contributed by atoms with Gasteiger partial charge in [0.1, 0.15) is 12.3 Å². The number of aromatic nitrogens is 1. The summed E-state index contributed by atoms with van der Waals surface area (Å²) in [4.78, 5) is 13.8. The Kier molecular flexibility index (Phi) is 3.00. The third-order valence-corrected chi connectivity index (χ3v) is 2.64. The molecule has 1 fully saturated rings. The molecule has 1 aliphatic carbocycles. The summed E-state index contributed by atoms with van der Waals surface area (Å²) in [6, 6.07) is 3.10. The third kappa shape index (κ3) is 2.46. The number of pyridine rings is 1. The summed E-state index contributed by atoms with van der Waals surface area (Å²) in [5.74, 6) is 0.421. The van der Waals surface area contributed by atoms with Crippen molar-refractivity contribution in [3.05, 3.63) is 28.4 Å². The number of ether oxygens (including phenoxy) is 1. The zero-order valence-corrected chi connectivity index (χ0v) is 8.70. The van der Waals surface area contributed by atoms with E-state index in [0.29, 0.717) is 5.88 Å². The summed E-state index contributed by atoms with van der Waals surface area (Å²) in [6.07, 6.45) is 3.98. The van der Waals surface area contributed by atoms with E-state index in [1.165, 1.54) is 18.3 Å². The second kappa shape index (κ2) is 4.44. The first-order valence-corrected chi connectivity index (χ1v) is 5.18. The first kappa shape index (κ1) is 10.8. The van der Waals surface area contributed by atoms with E-state index in [1.54, 1.807) is 0 Å². The molecule has 0 spiro atoms. The molecule has 1 aliphatic rings. The van der Waals surface area contributed by atoms with Crippen LogP contribution in [0.5, 0.6) is 5.88 Å². The van der Waals surface area contributed by atoms with Gasteiger partial charge in [-0.05, 0) is 19.3 Å². The Hall–Kier alpha value is -1.69. The summed E-state index contributed by atoms with van der Waals surface area (Å²) in [6.45, 7) is 0. The molecule has 86 valence electrons. The number of rotatable bonds is 3. The van der Waals surface area contributed by atoms with Crippen LogP contribution in [0, 0.1) is 10.1 Å². The van der Waals surface area contributed by atoms with E-state index in [4.69, 9.17) is 10.5 Å². The molecule has 6 heteroatoms. The molecule has 16 heavy (non-hydrogen) atoms. The van der Waals surface area contributed by atoms with E-state index < -0.39 is 4.92 Å². The smallest absolute Gasteiger partial charge is 0.287 e. The van der Waals surface area contributed by atoms with Gasteiger partial charge in [-0.15, -0.1) is 0 Å². The molecule has 6 nitrogen and oxygen atoms in total. The molecule has 2 unspecified atom stereocenters. The third-order valence-electron chi connectivity index (χ3n) is 2.64. The van der Waals surface area contributed by atoms with Gasteiger partial charge in [0.15, 0.2) is 0 Å². The fourth-order valence-corrected chi connectivity index (χ4v) is 1.80. The van der Waals surface area contributed by atoms with E-state index in [9.17, 15) is 10.1 Å². The van der Waals surface area contributed by atoms with Crippen LogP contribution in [0.25, 0.3) is 0 Å². The Morgan fingerprint density at radius 2 is 2.31 bits per heavy atom. The SMILES string of the molecule is NC1CCC(Oc2ccc([N+](=O)[O-])cn2)C1. The van der Waals surface area contributed by atoms with Crippen LogP contribution in [0.1, 0.15) is 19.3 Å². The maximum Gasteiger partial charge on any atom is 0.287 e. The molecule has 0 radical (unpaired) electrons. The van der Waals surface area contributed by atoms with Gasteiger partial charge in [-0.1, -0.05) is 0 Å². The zero-order chi connectivity index (χ0) is 11.5. The Bertz CT molecular complexity index is 379. The lowest BCUT2D eigenvalue weighted by atomic mass is 10.3. The van der Waals surface area contributed by atoms with E-state index in [-0.39, 0.29) is 17.8 Å². The highest BCUT2D eigenvalue weighted by Gasteiger charge is 2.23. The number of nitrogens with zero attached hydrogens (tertiary/aromatic N) is 2. The van der Waals surface area contributed by atoms with Crippen LogP contribution in [0.15, 0.2) is 18.3 Å². The summed E-state index contributed by atoms with van der Waals surface area (Å²) in [5.41, 5.74) is 5.72. The summed E-state index contributed by atoms with van der Waals surface area (Å²) in [5, 5.41) is 10.4. The van der Waals surface area contributed by atoms with Crippen molar-refractivity contribution in [3.8, 4) is 5.88 Å². The van der Waals surface area contributed by atoms with Crippen LogP contribution >= 0.6 is 0 Å². The van der Waals surface area contributed by atoms with Gasteiger partial charge >= 0.3 is 0 Å². The van der Waals surface area contributed by atoms with Crippen molar-refractivity contribution in [2.24, 2.45) is 5.73 Å². The second-order valence-corrected chi connectivity index (χ2v) is 3.92. The molecule has 0 bridgehead atoms. The highest BCUT2D eigenvalue weighted by molar-refractivity contribution is 5.28. The van der Waals surface area contributed by atoms with Gasteiger partial charge in [0, 0.05) is 18.2 Å². The fraction of sp³-hybridized carbons (Fsp3) is 0.500.